The molecule has 2 nitrogen and oxygen atoms in total. The molecule has 94 valence electrons. The molecule has 1 unspecified atom stereocenters. The van der Waals surface area contributed by atoms with E-state index in [4.69, 9.17) is 5.73 Å². The van der Waals surface area contributed by atoms with Crippen molar-refractivity contribution in [3.05, 3.63) is 34.3 Å². The van der Waals surface area contributed by atoms with Crippen LogP contribution >= 0.6 is 27.7 Å². The van der Waals surface area contributed by atoms with Crippen molar-refractivity contribution in [3.63, 3.8) is 0 Å². The van der Waals surface area contributed by atoms with Gasteiger partial charge in [-0.15, -0.1) is 0 Å². The molecule has 0 radical (unpaired) electrons. The van der Waals surface area contributed by atoms with Gasteiger partial charge in [0.2, 0.25) is 0 Å². The Morgan fingerprint density at radius 1 is 1.35 bits per heavy atom. The molecule has 2 N–H and O–H groups in total. The van der Waals surface area contributed by atoms with Crippen LogP contribution in [0.1, 0.15) is 18.0 Å². The van der Waals surface area contributed by atoms with Crippen LogP contribution in [0.5, 0.6) is 0 Å². The van der Waals surface area contributed by atoms with Gasteiger partial charge in [-0.25, -0.2) is 0 Å². The van der Waals surface area contributed by atoms with E-state index >= 15 is 0 Å². The second kappa shape index (κ2) is 6.78. The quantitative estimate of drug-likeness (QED) is 0.926. The van der Waals surface area contributed by atoms with Crippen LogP contribution in [0, 0.1) is 0 Å². The molecule has 0 spiro atoms. The monoisotopic (exact) mass is 314 g/mol. The summed E-state index contributed by atoms with van der Waals surface area (Å²) in [5, 5.41) is 0. The molecular formula is C13H19BrN2S. The molecule has 2 rings (SSSR count). The number of hydrogen-bond acceptors (Lipinski definition) is 3. The second-order valence-corrected chi connectivity index (χ2v) is 6.54. The maximum absolute atomic E-state index is 6.23. The van der Waals surface area contributed by atoms with Crippen molar-refractivity contribution in [2.45, 2.75) is 12.5 Å². The first-order valence-electron chi connectivity index (χ1n) is 6.07. The van der Waals surface area contributed by atoms with E-state index in [1.807, 2.05) is 6.07 Å². The number of thioether (sulfide) groups is 1. The lowest BCUT2D eigenvalue weighted by Crippen LogP contribution is -2.34. The van der Waals surface area contributed by atoms with Crippen LogP contribution in [0.2, 0.25) is 0 Å². The molecule has 1 heterocycles. The minimum absolute atomic E-state index is 0.155. The maximum Gasteiger partial charge on any atom is 0.0307 e. The summed E-state index contributed by atoms with van der Waals surface area (Å²) in [6.45, 7) is 3.56. The first-order chi connectivity index (χ1) is 8.25. The summed E-state index contributed by atoms with van der Waals surface area (Å²) in [5.41, 5.74) is 7.46. The van der Waals surface area contributed by atoms with Crippen molar-refractivity contribution >= 4 is 27.7 Å². The first-order valence-corrected chi connectivity index (χ1v) is 8.01. The van der Waals surface area contributed by atoms with E-state index in [1.165, 1.54) is 30.2 Å². The Labute approximate surface area is 116 Å². The van der Waals surface area contributed by atoms with Crippen LogP contribution in [0.25, 0.3) is 0 Å². The van der Waals surface area contributed by atoms with Gasteiger partial charge in [0, 0.05) is 41.7 Å². The fourth-order valence-corrected chi connectivity index (χ4v) is 3.45. The molecule has 1 saturated heterocycles. The van der Waals surface area contributed by atoms with Crippen molar-refractivity contribution in [1.29, 1.82) is 0 Å². The Morgan fingerprint density at radius 2 is 2.12 bits per heavy atom. The van der Waals surface area contributed by atoms with Crippen molar-refractivity contribution in [2.75, 3.05) is 31.1 Å². The van der Waals surface area contributed by atoms with Crippen molar-refractivity contribution < 1.29 is 0 Å². The Morgan fingerprint density at radius 3 is 2.82 bits per heavy atom. The smallest absolute Gasteiger partial charge is 0.0307 e. The van der Waals surface area contributed by atoms with Crippen molar-refractivity contribution in [3.8, 4) is 0 Å². The van der Waals surface area contributed by atoms with Crippen molar-refractivity contribution in [2.24, 2.45) is 5.73 Å². The van der Waals surface area contributed by atoms with Crippen molar-refractivity contribution in [1.82, 2.24) is 4.90 Å². The highest BCUT2D eigenvalue weighted by Gasteiger charge is 2.12. The molecule has 0 aliphatic carbocycles. The predicted molar refractivity (Wildman–Crippen MR) is 79.5 cm³/mol. The van der Waals surface area contributed by atoms with Gasteiger partial charge in [0.05, 0.1) is 0 Å². The van der Waals surface area contributed by atoms with Gasteiger partial charge in [-0.1, -0.05) is 28.1 Å². The van der Waals surface area contributed by atoms with Crippen LogP contribution in [0.15, 0.2) is 28.7 Å². The molecule has 4 heteroatoms. The molecule has 0 bridgehead atoms. The van der Waals surface area contributed by atoms with E-state index in [0.717, 1.165) is 17.4 Å². The zero-order valence-electron chi connectivity index (χ0n) is 9.94. The molecule has 1 aliphatic heterocycles. The number of hydrogen-bond donors (Lipinski definition) is 1. The summed E-state index contributed by atoms with van der Waals surface area (Å²) in [7, 11) is 0. The third-order valence-electron chi connectivity index (χ3n) is 3.14. The minimum atomic E-state index is 0.155. The topological polar surface area (TPSA) is 29.3 Å². The van der Waals surface area contributed by atoms with Gasteiger partial charge in [0.1, 0.15) is 0 Å². The largest absolute Gasteiger partial charge is 0.324 e. The number of halogens is 1. The molecule has 0 amide bonds. The normalized spacial score (nSPS) is 19.2. The number of nitrogens with zero attached hydrogens (tertiary/aromatic N) is 1. The Bertz CT molecular complexity index is 353. The lowest BCUT2D eigenvalue weighted by molar-refractivity contribution is 0.289. The standard InChI is InChI=1S/C13H19BrN2S/c14-12-3-1-2-11(10-12)13(15)4-5-16-6-8-17-9-7-16/h1-3,10,13H,4-9,15H2. The lowest BCUT2D eigenvalue weighted by atomic mass is 10.0. The molecule has 1 aromatic rings. The molecular weight excluding hydrogens is 296 g/mol. The van der Waals surface area contributed by atoms with E-state index in [9.17, 15) is 0 Å². The van der Waals surface area contributed by atoms with Crippen LogP contribution in [-0.2, 0) is 0 Å². The van der Waals surface area contributed by atoms with Crippen LogP contribution in [0.4, 0.5) is 0 Å². The SMILES string of the molecule is NC(CCN1CCSCC1)c1cccc(Br)c1. The van der Waals surface area contributed by atoms with Gasteiger partial charge in [-0.3, -0.25) is 0 Å². The van der Waals surface area contributed by atoms with E-state index in [1.54, 1.807) is 0 Å². The van der Waals surface area contributed by atoms with Gasteiger partial charge >= 0.3 is 0 Å². The highest BCUT2D eigenvalue weighted by molar-refractivity contribution is 9.10. The predicted octanol–water partition coefficient (Wildman–Crippen LogP) is 2.89. The molecule has 0 saturated carbocycles. The van der Waals surface area contributed by atoms with Crippen LogP contribution in [-0.4, -0.2) is 36.0 Å². The third-order valence-corrected chi connectivity index (χ3v) is 4.57. The highest BCUT2D eigenvalue weighted by atomic mass is 79.9. The van der Waals surface area contributed by atoms with Gasteiger partial charge < -0.3 is 10.6 Å². The summed E-state index contributed by atoms with van der Waals surface area (Å²) in [5.74, 6) is 2.54. The summed E-state index contributed by atoms with van der Waals surface area (Å²) in [6, 6.07) is 8.48. The Kier molecular flexibility index (Phi) is 5.35. The van der Waals surface area contributed by atoms with E-state index in [-0.39, 0.29) is 6.04 Å². The number of nitrogens with two attached hydrogens (primary N) is 1. The summed E-state index contributed by atoms with van der Waals surface area (Å²) in [4.78, 5) is 2.52. The molecule has 1 atom stereocenters. The van der Waals surface area contributed by atoms with Gasteiger partial charge in [0.15, 0.2) is 0 Å². The number of rotatable bonds is 4. The van der Waals surface area contributed by atoms with Crippen LogP contribution < -0.4 is 5.73 Å². The number of benzene rings is 1. The van der Waals surface area contributed by atoms with Gasteiger partial charge in [0.25, 0.3) is 0 Å². The Hall–Kier alpha value is -0.0300. The Balaban J connectivity index is 1.82. The lowest BCUT2D eigenvalue weighted by Gasteiger charge is -2.27. The highest BCUT2D eigenvalue weighted by Crippen LogP contribution is 2.19. The zero-order valence-corrected chi connectivity index (χ0v) is 12.3. The first kappa shape index (κ1) is 13.4. The molecule has 17 heavy (non-hydrogen) atoms. The van der Waals surface area contributed by atoms with E-state index in [0.29, 0.717) is 0 Å². The van der Waals surface area contributed by atoms with Gasteiger partial charge in [-0.2, -0.15) is 11.8 Å². The van der Waals surface area contributed by atoms with Gasteiger partial charge in [-0.05, 0) is 24.1 Å². The molecule has 1 fully saturated rings. The van der Waals surface area contributed by atoms with Crippen LogP contribution in [0.3, 0.4) is 0 Å². The third kappa shape index (κ3) is 4.28. The maximum atomic E-state index is 6.23. The minimum Gasteiger partial charge on any atom is -0.324 e. The zero-order chi connectivity index (χ0) is 12.1. The fraction of sp³-hybridized carbons (Fsp3) is 0.538. The second-order valence-electron chi connectivity index (χ2n) is 4.40. The average molecular weight is 315 g/mol. The molecule has 1 aromatic carbocycles. The van der Waals surface area contributed by atoms with E-state index in [2.05, 4.69) is 50.8 Å². The molecule has 1 aliphatic rings. The fourth-order valence-electron chi connectivity index (χ4n) is 2.05. The van der Waals surface area contributed by atoms with E-state index < -0.39 is 0 Å². The summed E-state index contributed by atoms with van der Waals surface area (Å²) in [6.07, 6.45) is 1.04. The summed E-state index contributed by atoms with van der Waals surface area (Å²) >= 11 is 5.54. The summed E-state index contributed by atoms with van der Waals surface area (Å²) < 4.78 is 1.11. The average Bonchev–Trinajstić information content (AvgIpc) is 2.37. The molecule has 0 aromatic heterocycles.